The van der Waals surface area contributed by atoms with E-state index in [0.717, 1.165) is 21.9 Å². The van der Waals surface area contributed by atoms with Gasteiger partial charge in [0.25, 0.3) is 0 Å². The maximum Gasteiger partial charge on any atom is 0.226 e. The molecule has 1 amide bonds. The van der Waals surface area contributed by atoms with Gasteiger partial charge in [-0.2, -0.15) is 0 Å². The molecule has 1 aromatic heterocycles. The van der Waals surface area contributed by atoms with Crippen LogP contribution in [0.2, 0.25) is 0 Å². The number of carbonyl (C=O) groups excluding carboxylic acids is 1. The van der Waals surface area contributed by atoms with Crippen molar-refractivity contribution in [2.24, 2.45) is 0 Å². The van der Waals surface area contributed by atoms with Crippen molar-refractivity contribution in [2.75, 3.05) is 6.61 Å². The molecular weight excluding hydrogens is 363 g/mol. The molecule has 0 radical (unpaired) electrons. The Labute approximate surface area is 162 Å². The van der Waals surface area contributed by atoms with Gasteiger partial charge in [0.15, 0.2) is 0 Å². The molecule has 140 valence electrons. The van der Waals surface area contributed by atoms with Crippen molar-refractivity contribution >= 4 is 17.2 Å². The van der Waals surface area contributed by atoms with E-state index in [-0.39, 0.29) is 24.2 Å². The highest BCUT2D eigenvalue weighted by molar-refractivity contribution is 7.13. The van der Waals surface area contributed by atoms with Crippen LogP contribution in [0, 0.1) is 5.82 Å². The number of ether oxygens (including phenoxy) is 1. The molecule has 0 spiro atoms. The van der Waals surface area contributed by atoms with Crippen molar-refractivity contribution in [1.29, 1.82) is 0 Å². The summed E-state index contributed by atoms with van der Waals surface area (Å²) in [5.41, 5.74) is 2.44. The smallest absolute Gasteiger partial charge is 0.226 e. The fraction of sp³-hybridized carbons (Fsp3) is 0.238. The summed E-state index contributed by atoms with van der Waals surface area (Å²) in [6.45, 7) is 4.41. The molecule has 0 aliphatic rings. The van der Waals surface area contributed by atoms with Gasteiger partial charge in [0.05, 0.1) is 24.8 Å². The number of benzene rings is 2. The second-order valence-electron chi connectivity index (χ2n) is 6.12. The first-order valence-electron chi connectivity index (χ1n) is 8.77. The zero-order valence-electron chi connectivity index (χ0n) is 15.2. The van der Waals surface area contributed by atoms with Crippen LogP contribution in [0.1, 0.15) is 31.1 Å². The van der Waals surface area contributed by atoms with Crippen molar-refractivity contribution in [3.63, 3.8) is 0 Å². The second-order valence-corrected chi connectivity index (χ2v) is 6.98. The summed E-state index contributed by atoms with van der Waals surface area (Å²) in [6.07, 6.45) is 0.188. The van der Waals surface area contributed by atoms with Crippen LogP contribution in [0.25, 0.3) is 10.6 Å². The minimum atomic E-state index is -0.312. The molecule has 27 heavy (non-hydrogen) atoms. The van der Waals surface area contributed by atoms with Gasteiger partial charge in [0, 0.05) is 10.9 Å². The number of nitrogens with one attached hydrogen (secondary N) is 1. The predicted octanol–water partition coefficient (Wildman–Crippen LogP) is 4.77. The molecule has 3 rings (SSSR count). The van der Waals surface area contributed by atoms with Gasteiger partial charge in [0.2, 0.25) is 5.91 Å². The average Bonchev–Trinajstić information content (AvgIpc) is 3.11. The molecule has 1 N–H and O–H groups in total. The fourth-order valence-electron chi connectivity index (χ4n) is 2.70. The fourth-order valence-corrected chi connectivity index (χ4v) is 3.52. The van der Waals surface area contributed by atoms with E-state index >= 15 is 0 Å². The normalized spacial score (nSPS) is 11.8. The number of halogens is 1. The Bertz CT molecular complexity index is 909. The molecule has 6 heteroatoms. The Hall–Kier alpha value is -2.73. The summed E-state index contributed by atoms with van der Waals surface area (Å²) in [4.78, 5) is 16.8. The Morgan fingerprint density at radius 2 is 2.04 bits per heavy atom. The number of amides is 1. The number of hydrogen-bond donors (Lipinski definition) is 1. The first-order valence-corrected chi connectivity index (χ1v) is 9.65. The summed E-state index contributed by atoms with van der Waals surface area (Å²) in [6, 6.07) is 13.7. The van der Waals surface area contributed by atoms with E-state index in [1.54, 1.807) is 12.1 Å². The van der Waals surface area contributed by atoms with Crippen LogP contribution in [0.15, 0.2) is 53.9 Å². The van der Waals surface area contributed by atoms with Gasteiger partial charge >= 0.3 is 0 Å². The zero-order valence-corrected chi connectivity index (χ0v) is 16.1. The lowest BCUT2D eigenvalue weighted by molar-refractivity contribution is -0.121. The third-order valence-electron chi connectivity index (χ3n) is 4.03. The van der Waals surface area contributed by atoms with Crippen LogP contribution in [0.3, 0.4) is 0 Å². The molecule has 0 aliphatic heterocycles. The molecule has 0 fully saturated rings. The summed E-state index contributed by atoms with van der Waals surface area (Å²) in [5, 5.41) is 5.63. The third kappa shape index (κ3) is 5.14. The van der Waals surface area contributed by atoms with Gasteiger partial charge in [-0.3, -0.25) is 4.79 Å². The monoisotopic (exact) mass is 384 g/mol. The number of aromatic nitrogens is 1. The number of rotatable bonds is 7. The van der Waals surface area contributed by atoms with Gasteiger partial charge in [-0.15, -0.1) is 11.3 Å². The Morgan fingerprint density at radius 3 is 2.74 bits per heavy atom. The molecule has 0 saturated heterocycles. The van der Waals surface area contributed by atoms with Gasteiger partial charge in [-0.1, -0.05) is 12.1 Å². The van der Waals surface area contributed by atoms with Crippen LogP contribution >= 0.6 is 11.3 Å². The van der Waals surface area contributed by atoms with Crippen LogP contribution in [0.4, 0.5) is 4.39 Å². The van der Waals surface area contributed by atoms with Crippen molar-refractivity contribution in [3.8, 4) is 16.3 Å². The van der Waals surface area contributed by atoms with Crippen molar-refractivity contribution in [3.05, 3.63) is 71.0 Å². The maximum atomic E-state index is 13.3. The van der Waals surface area contributed by atoms with Crippen LogP contribution < -0.4 is 10.1 Å². The van der Waals surface area contributed by atoms with Crippen LogP contribution in [-0.4, -0.2) is 17.5 Å². The highest BCUT2D eigenvalue weighted by Gasteiger charge is 2.13. The lowest BCUT2D eigenvalue weighted by atomic mass is 10.1. The summed E-state index contributed by atoms with van der Waals surface area (Å²) < 4.78 is 18.8. The molecule has 1 heterocycles. The van der Waals surface area contributed by atoms with E-state index in [1.165, 1.54) is 23.5 Å². The Balaban J connectivity index is 1.60. The van der Waals surface area contributed by atoms with E-state index in [1.807, 2.05) is 43.5 Å². The van der Waals surface area contributed by atoms with Gasteiger partial charge in [-0.05, 0) is 55.8 Å². The van der Waals surface area contributed by atoms with E-state index in [0.29, 0.717) is 12.3 Å². The molecule has 0 bridgehead atoms. The second kappa shape index (κ2) is 8.77. The predicted molar refractivity (Wildman–Crippen MR) is 105 cm³/mol. The molecule has 4 nitrogen and oxygen atoms in total. The molecule has 1 atom stereocenters. The number of nitrogens with zero attached hydrogens (tertiary/aromatic N) is 1. The number of carbonyl (C=O) groups is 1. The number of thiazole rings is 1. The highest BCUT2D eigenvalue weighted by Crippen LogP contribution is 2.26. The average molecular weight is 384 g/mol. The maximum absolute atomic E-state index is 13.3. The first kappa shape index (κ1) is 19.0. The van der Waals surface area contributed by atoms with Gasteiger partial charge in [-0.25, -0.2) is 9.37 Å². The summed E-state index contributed by atoms with van der Waals surface area (Å²) in [7, 11) is 0. The van der Waals surface area contributed by atoms with Crippen LogP contribution in [0.5, 0.6) is 5.75 Å². The lowest BCUT2D eigenvalue weighted by Gasteiger charge is -2.14. The number of hydrogen-bond acceptors (Lipinski definition) is 4. The van der Waals surface area contributed by atoms with Crippen molar-refractivity contribution in [2.45, 2.75) is 26.3 Å². The quantitative estimate of drug-likeness (QED) is 0.638. The highest BCUT2D eigenvalue weighted by atomic mass is 32.1. The van der Waals surface area contributed by atoms with Crippen LogP contribution in [-0.2, 0) is 11.2 Å². The molecule has 3 aromatic rings. The molecule has 2 aromatic carbocycles. The molecular formula is C21H21FN2O2S. The molecule has 0 aliphatic carbocycles. The van der Waals surface area contributed by atoms with E-state index in [4.69, 9.17) is 4.74 Å². The molecule has 0 unspecified atom stereocenters. The largest absolute Gasteiger partial charge is 0.494 e. The zero-order chi connectivity index (χ0) is 19.2. The minimum Gasteiger partial charge on any atom is -0.494 e. The Kier molecular flexibility index (Phi) is 6.19. The van der Waals surface area contributed by atoms with E-state index in [2.05, 4.69) is 10.3 Å². The Morgan fingerprint density at radius 1 is 1.26 bits per heavy atom. The third-order valence-corrected chi connectivity index (χ3v) is 4.97. The standard InChI is InChI=1S/C21H21FN2O2S/c1-3-26-19-9-7-15(8-10-19)21-24-18(13-27-21)12-20(25)23-14(2)16-5-4-6-17(22)11-16/h4-11,13-14H,3,12H2,1-2H3,(H,23,25)/t14-/m1/s1. The summed E-state index contributed by atoms with van der Waals surface area (Å²) in [5.74, 6) is 0.368. The molecule has 0 saturated carbocycles. The van der Waals surface area contributed by atoms with E-state index < -0.39 is 0 Å². The van der Waals surface area contributed by atoms with E-state index in [9.17, 15) is 9.18 Å². The van der Waals surface area contributed by atoms with Gasteiger partial charge in [0.1, 0.15) is 16.6 Å². The SMILES string of the molecule is CCOc1ccc(-c2nc(CC(=O)N[C@H](C)c3cccc(F)c3)cs2)cc1. The van der Waals surface area contributed by atoms with Crippen molar-refractivity contribution < 1.29 is 13.9 Å². The first-order chi connectivity index (χ1) is 13.0. The van der Waals surface area contributed by atoms with Crippen molar-refractivity contribution in [1.82, 2.24) is 10.3 Å². The topological polar surface area (TPSA) is 51.2 Å². The summed E-state index contributed by atoms with van der Waals surface area (Å²) >= 11 is 1.50. The van der Waals surface area contributed by atoms with Gasteiger partial charge < -0.3 is 10.1 Å². The lowest BCUT2D eigenvalue weighted by Crippen LogP contribution is -2.28. The minimum absolute atomic E-state index is 0.143.